The zero-order valence-electron chi connectivity index (χ0n) is 16.9. The highest BCUT2D eigenvalue weighted by molar-refractivity contribution is 5.94. The number of carbonyl (C=O) groups is 2. The second-order valence-electron chi connectivity index (χ2n) is 7.26. The topological polar surface area (TPSA) is 78.0 Å². The predicted octanol–water partition coefficient (Wildman–Crippen LogP) is 1.89. The Bertz CT molecular complexity index is 668. The van der Waals surface area contributed by atoms with E-state index in [-0.39, 0.29) is 18.0 Å². The molecule has 1 N–H and O–H groups in total. The summed E-state index contributed by atoms with van der Waals surface area (Å²) in [6, 6.07) is 3.85. The highest BCUT2D eigenvalue weighted by Crippen LogP contribution is 2.18. The molecule has 0 spiro atoms. The van der Waals surface area contributed by atoms with Crippen molar-refractivity contribution in [1.82, 2.24) is 19.7 Å². The zero-order valence-corrected chi connectivity index (χ0v) is 16.9. The van der Waals surface area contributed by atoms with Crippen molar-refractivity contribution in [1.29, 1.82) is 0 Å². The van der Waals surface area contributed by atoms with E-state index < -0.39 is 0 Å². The molecule has 3 rings (SSSR count). The fourth-order valence-corrected chi connectivity index (χ4v) is 3.72. The normalized spacial score (nSPS) is 18.8. The van der Waals surface area contributed by atoms with Crippen molar-refractivity contribution in [2.24, 2.45) is 0 Å². The van der Waals surface area contributed by atoms with Crippen LogP contribution in [0.15, 0.2) is 18.3 Å². The first-order chi connectivity index (χ1) is 13.6. The number of nitrogens with zero attached hydrogens (tertiary/aromatic N) is 4. The van der Waals surface area contributed by atoms with Gasteiger partial charge in [0.05, 0.1) is 6.61 Å². The van der Waals surface area contributed by atoms with E-state index in [0.717, 1.165) is 45.6 Å². The number of amides is 2. The Labute approximate surface area is 166 Å². The largest absolute Gasteiger partial charge is 0.450 e. The second-order valence-corrected chi connectivity index (χ2v) is 7.26. The molecule has 2 amide bonds. The number of likely N-dealkylation sites (N-methyl/N-ethyl adjacent to an activating group) is 1. The van der Waals surface area contributed by atoms with Gasteiger partial charge in [0, 0.05) is 57.1 Å². The summed E-state index contributed by atoms with van der Waals surface area (Å²) in [6.07, 6.45) is 3.11. The molecule has 0 bridgehead atoms. The van der Waals surface area contributed by atoms with Crippen molar-refractivity contribution in [3.05, 3.63) is 23.9 Å². The Hall–Kier alpha value is -2.35. The highest BCUT2D eigenvalue weighted by Gasteiger charge is 2.25. The van der Waals surface area contributed by atoms with Crippen LogP contribution in [-0.4, -0.2) is 90.1 Å². The molecule has 2 fully saturated rings. The monoisotopic (exact) mass is 389 g/mol. The molecular formula is C20H31N5O3. The Balaban J connectivity index is 1.53. The summed E-state index contributed by atoms with van der Waals surface area (Å²) in [7, 11) is 0. The average Bonchev–Trinajstić information content (AvgIpc) is 2.74. The van der Waals surface area contributed by atoms with Gasteiger partial charge in [-0.25, -0.2) is 9.78 Å². The Kier molecular flexibility index (Phi) is 7.08. The van der Waals surface area contributed by atoms with Gasteiger partial charge in [0.1, 0.15) is 5.82 Å². The van der Waals surface area contributed by atoms with Crippen LogP contribution in [0.2, 0.25) is 0 Å². The summed E-state index contributed by atoms with van der Waals surface area (Å²) in [5.41, 5.74) is 0.673. The lowest BCUT2D eigenvalue weighted by molar-refractivity contribution is 0.0643. The lowest BCUT2D eigenvalue weighted by Crippen LogP contribution is -2.48. The minimum Gasteiger partial charge on any atom is -0.450 e. The van der Waals surface area contributed by atoms with Crippen molar-refractivity contribution in [3.63, 3.8) is 0 Å². The molecule has 2 aliphatic rings. The number of piperazine rings is 1. The van der Waals surface area contributed by atoms with Crippen LogP contribution >= 0.6 is 0 Å². The third-order valence-electron chi connectivity index (χ3n) is 5.49. The van der Waals surface area contributed by atoms with Crippen molar-refractivity contribution in [2.75, 3.05) is 57.7 Å². The van der Waals surface area contributed by atoms with Crippen LogP contribution in [0.5, 0.6) is 0 Å². The first-order valence-corrected chi connectivity index (χ1v) is 10.3. The van der Waals surface area contributed by atoms with E-state index in [9.17, 15) is 9.59 Å². The van der Waals surface area contributed by atoms with Crippen LogP contribution < -0.4 is 5.32 Å². The van der Waals surface area contributed by atoms with Crippen molar-refractivity contribution in [2.45, 2.75) is 32.7 Å². The number of piperidine rings is 1. The summed E-state index contributed by atoms with van der Waals surface area (Å²) in [4.78, 5) is 35.0. The number of anilines is 1. The molecule has 8 nitrogen and oxygen atoms in total. The maximum Gasteiger partial charge on any atom is 0.409 e. The van der Waals surface area contributed by atoms with Crippen LogP contribution in [0.3, 0.4) is 0 Å². The lowest BCUT2D eigenvalue weighted by Gasteiger charge is -2.34. The van der Waals surface area contributed by atoms with Gasteiger partial charge in [0.25, 0.3) is 5.91 Å². The predicted molar refractivity (Wildman–Crippen MR) is 107 cm³/mol. The SMILES string of the molecule is CCOC(=O)N1CCC(Nc2cc(C(=O)N3CCN(CC)CC3)ccn2)CC1. The smallest absolute Gasteiger partial charge is 0.409 e. The van der Waals surface area contributed by atoms with Crippen LogP contribution in [-0.2, 0) is 4.74 Å². The lowest BCUT2D eigenvalue weighted by atomic mass is 10.1. The van der Waals surface area contributed by atoms with E-state index in [1.807, 2.05) is 17.9 Å². The number of pyridine rings is 1. The standard InChI is InChI=1S/C20H31N5O3/c1-3-23-11-13-24(14-12-23)19(26)16-5-8-21-18(15-16)22-17-6-9-25(10-7-17)20(27)28-4-2/h5,8,15,17H,3-4,6-7,9-14H2,1-2H3,(H,21,22). The third-order valence-corrected chi connectivity index (χ3v) is 5.49. The fourth-order valence-electron chi connectivity index (χ4n) is 3.72. The van der Waals surface area contributed by atoms with Crippen molar-refractivity contribution >= 4 is 17.8 Å². The van der Waals surface area contributed by atoms with Gasteiger partial charge in [-0.3, -0.25) is 4.79 Å². The molecule has 2 saturated heterocycles. The van der Waals surface area contributed by atoms with E-state index in [1.54, 1.807) is 17.2 Å². The number of ether oxygens (including phenoxy) is 1. The Morgan fingerprint density at radius 3 is 2.46 bits per heavy atom. The Morgan fingerprint density at radius 2 is 1.82 bits per heavy atom. The molecule has 3 heterocycles. The van der Waals surface area contributed by atoms with Crippen LogP contribution in [0, 0.1) is 0 Å². The third kappa shape index (κ3) is 5.13. The van der Waals surface area contributed by atoms with E-state index >= 15 is 0 Å². The van der Waals surface area contributed by atoms with Gasteiger partial charge >= 0.3 is 6.09 Å². The molecule has 0 aromatic carbocycles. The average molecular weight is 390 g/mol. The molecule has 1 aromatic rings. The highest BCUT2D eigenvalue weighted by atomic mass is 16.6. The van der Waals surface area contributed by atoms with Gasteiger partial charge in [-0.2, -0.15) is 0 Å². The number of hydrogen-bond acceptors (Lipinski definition) is 6. The number of aromatic nitrogens is 1. The molecule has 2 aliphatic heterocycles. The van der Waals surface area contributed by atoms with Crippen molar-refractivity contribution < 1.29 is 14.3 Å². The molecule has 0 saturated carbocycles. The molecule has 154 valence electrons. The van der Waals surface area contributed by atoms with Gasteiger partial charge in [-0.15, -0.1) is 0 Å². The van der Waals surface area contributed by atoms with Crippen LogP contribution in [0.1, 0.15) is 37.0 Å². The van der Waals surface area contributed by atoms with Gasteiger partial charge in [0.15, 0.2) is 0 Å². The minimum atomic E-state index is -0.241. The van der Waals surface area contributed by atoms with Gasteiger partial charge < -0.3 is 24.8 Å². The number of likely N-dealkylation sites (tertiary alicyclic amines) is 1. The van der Waals surface area contributed by atoms with E-state index in [2.05, 4.69) is 22.1 Å². The quantitative estimate of drug-likeness (QED) is 0.829. The first-order valence-electron chi connectivity index (χ1n) is 10.3. The van der Waals surface area contributed by atoms with Gasteiger partial charge in [-0.1, -0.05) is 6.92 Å². The molecule has 0 radical (unpaired) electrons. The van der Waals surface area contributed by atoms with E-state index in [1.165, 1.54) is 0 Å². The molecule has 8 heteroatoms. The van der Waals surface area contributed by atoms with Crippen LogP contribution in [0.4, 0.5) is 10.6 Å². The molecular weight excluding hydrogens is 358 g/mol. The van der Waals surface area contributed by atoms with Crippen molar-refractivity contribution in [3.8, 4) is 0 Å². The molecule has 1 aromatic heterocycles. The zero-order chi connectivity index (χ0) is 19.9. The molecule has 28 heavy (non-hydrogen) atoms. The second kappa shape index (κ2) is 9.73. The molecule has 0 unspecified atom stereocenters. The molecule has 0 aliphatic carbocycles. The Morgan fingerprint density at radius 1 is 1.11 bits per heavy atom. The van der Waals surface area contributed by atoms with Crippen LogP contribution in [0.25, 0.3) is 0 Å². The summed E-state index contributed by atoms with van der Waals surface area (Å²) < 4.78 is 5.06. The minimum absolute atomic E-state index is 0.0679. The molecule has 0 atom stereocenters. The number of hydrogen-bond donors (Lipinski definition) is 1. The van der Waals surface area contributed by atoms with Gasteiger partial charge in [-0.05, 0) is 38.4 Å². The number of rotatable bonds is 5. The maximum absolute atomic E-state index is 12.8. The maximum atomic E-state index is 12.8. The summed E-state index contributed by atoms with van der Waals surface area (Å²) in [5.74, 6) is 0.783. The van der Waals surface area contributed by atoms with E-state index in [4.69, 9.17) is 4.74 Å². The first kappa shape index (κ1) is 20.4. The number of carbonyl (C=O) groups excluding carboxylic acids is 2. The summed E-state index contributed by atoms with van der Waals surface area (Å²) >= 11 is 0. The summed E-state index contributed by atoms with van der Waals surface area (Å²) in [5, 5.41) is 3.42. The van der Waals surface area contributed by atoms with Gasteiger partial charge in [0.2, 0.25) is 0 Å². The fraction of sp³-hybridized carbons (Fsp3) is 0.650. The number of nitrogens with one attached hydrogen (secondary N) is 1. The van der Waals surface area contributed by atoms with E-state index in [0.29, 0.717) is 31.1 Å². The summed E-state index contributed by atoms with van der Waals surface area (Å²) in [6.45, 7) is 10.1.